The Morgan fingerprint density at radius 3 is 2.35 bits per heavy atom. The summed E-state index contributed by atoms with van der Waals surface area (Å²) in [5.41, 5.74) is 2.81. The average Bonchev–Trinajstić information content (AvgIpc) is 3.36. The van der Waals surface area contributed by atoms with Crippen molar-refractivity contribution in [3.63, 3.8) is 0 Å². The number of likely N-dealkylation sites (N-methyl/N-ethyl adjacent to an activating group) is 1. The van der Waals surface area contributed by atoms with Gasteiger partial charge in [0, 0.05) is 29.2 Å². The summed E-state index contributed by atoms with van der Waals surface area (Å²) in [6, 6.07) is 19.0. The summed E-state index contributed by atoms with van der Waals surface area (Å²) in [5.74, 6) is -0.355. The normalized spacial score (nSPS) is 14.9. The van der Waals surface area contributed by atoms with Crippen molar-refractivity contribution in [3.8, 4) is 5.75 Å². The number of amides is 2. The van der Waals surface area contributed by atoms with E-state index in [9.17, 15) is 14.7 Å². The van der Waals surface area contributed by atoms with Crippen LogP contribution in [0.5, 0.6) is 5.75 Å². The fourth-order valence-corrected chi connectivity index (χ4v) is 4.49. The third-order valence-electron chi connectivity index (χ3n) is 5.91. The number of aliphatic hydroxyl groups excluding tert-OH is 1. The number of aromatic nitrogens is 1. The Morgan fingerprint density at radius 2 is 1.59 bits per heavy atom. The molecule has 1 aliphatic rings. The first kappa shape index (κ1) is 21.9. The van der Waals surface area contributed by atoms with E-state index in [4.69, 9.17) is 4.74 Å². The number of nitrogens with one attached hydrogen (secondary N) is 2. The lowest BCUT2D eigenvalue weighted by atomic mass is 9.92. The van der Waals surface area contributed by atoms with Gasteiger partial charge >= 0.3 is 0 Å². The van der Waals surface area contributed by atoms with Crippen LogP contribution in [-0.2, 0) is 9.59 Å². The Morgan fingerprint density at radius 1 is 0.912 bits per heavy atom. The van der Waals surface area contributed by atoms with Gasteiger partial charge in [-0.3, -0.25) is 14.9 Å². The van der Waals surface area contributed by atoms with Crippen molar-refractivity contribution in [2.75, 3.05) is 27.2 Å². The molecular formula is C27H25N3O4. The molecule has 0 spiro atoms. The third kappa shape index (κ3) is 3.96. The smallest absolute Gasteiger partial charge is 0.259 e. The molecule has 34 heavy (non-hydrogen) atoms. The fourth-order valence-electron chi connectivity index (χ4n) is 4.49. The Labute approximate surface area is 196 Å². The predicted molar refractivity (Wildman–Crippen MR) is 132 cm³/mol. The number of carbonyl (C=O) groups excluding carboxylic acids is 2. The van der Waals surface area contributed by atoms with Crippen molar-refractivity contribution in [2.45, 2.75) is 6.10 Å². The lowest BCUT2D eigenvalue weighted by molar-refractivity contribution is -0.122. The number of H-pyrrole nitrogens is 1. The van der Waals surface area contributed by atoms with Crippen molar-refractivity contribution in [1.29, 1.82) is 0 Å². The number of benzene rings is 3. The molecule has 3 N–H and O–H groups in total. The topological polar surface area (TPSA) is 94.7 Å². The predicted octanol–water partition coefficient (Wildman–Crippen LogP) is 3.19. The highest BCUT2D eigenvalue weighted by Crippen LogP contribution is 2.39. The van der Waals surface area contributed by atoms with Crippen LogP contribution in [0.3, 0.4) is 0 Å². The van der Waals surface area contributed by atoms with Gasteiger partial charge in [-0.1, -0.05) is 42.5 Å². The second kappa shape index (κ2) is 8.78. The first-order valence-electron chi connectivity index (χ1n) is 11.1. The van der Waals surface area contributed by atoms with Crippen LogP contribution in [0.2, 0.25) is 0 Å². The van der Waals surface area contributed by atoms with E-state index >= 15 is 0 Å². The van der Waals surface area contributed by atoms with Gasteiger partial charge in [0.15, 0.2) is 0 Å². The van der Waals surface area contributed by atoms with Gasteiger partial charge < -0.3 is 19.7 Å². The van der Waals surface area contributed by atoms with Crippen LogP contribution in [0.15, 0.2) is 66.9 Å². The van der Waals surface area contributed by atoms with E-state index in [1.165, 1.54) is 0 Å². The monoisotopic (exact) mass is 455 g/mol. The first-order chi connectivity index (χ1) is 16.4. The second-order valence-corrected chi connectivity index (χ2v) is 8.70. The van der Waals surface area contributed by atoms with Crippen LogP contribution in [0.4, 0.5) is 0 Å². The largest absolute Gasteiger partial charge is 0.491 e. The molecular weight excluding hydrogens is 430 g/mol. The molecule has 4 aromatic rings. The van der Waals surface area contributed by atoms with Gasteiger partial charge in [-0.05, 0) is 48.6 Å². The highest BCUT2D eigenvalue weighted by molar-refractivity contribution is 6.50. The molecule has 5 rings (SSSR count). The molecule has 1 aliphatic heterocycles. The van der Waals surface area contributed by atoms with Crippen molar-refractivity contribution >= 4 is 44.6 Å². The second-order valence-electron chi connectivity index (χ2n) is 8.70. The summed E-state index contributed by atoms with van der Waals surface area (Å²) < 4.78 is 5.91. The lowest BCUT2D eigenvalue weighted by Crippen LogP contribution is -2.30. The molecule has 0 saturated heterocycles. The highest BCUT2D eigenvalue weighted by Gasteiger charge is 2.34. The maximum absolute atomic E-state index is 13.1. The molecule has 0 aliphatic carbocycles. The van der Waals surface area contributed by atoms with Crippen molar-refractivity contribution in [2.24, 2.45) is 0 Å². The van der Waals surface area contributed by atoms with Crippen LogP contribution < -0.4 is 10.1 Å². The summed E-state index contributed by atoms with van der Waals surface area (Å²) in [4.78, 5) is 31.1. The average molecular weight is 456 g/mol. The molecule has 0 bridgehead atoms. The summed E-state index contributed by atoms with van der Waals surface area (Å²) in [6.45, 7) is 0.572. The molecule has 1 atom stereocenters. The number of hydrogen-bond acceptors (Lipinski definition) is 5. The van der Waals surface area contributed by atoms with Gasteiger partial charge in [0.1, 0.15) is 18.5 Å². The van der Waals surface area contributed by atoms with E-state index in [1.807, 2.05) is 73.6 Å². The molecule has 0 radical (unpaired) electrons. The summed E-state index contributed by atoms with van der Waals surface area (Å²) in [7, 11) is 3.76. The minimum Gasteiger partial charge on any atom is -0.491 e. The zero-order chi connectivity index (χ0) is 23.8. The standard InChI is InChI=1S/C27H25N3O4/c1-30(2)14-17(31)15-34-18-11-16-7-3-4-8-19(16)21(12-18)24-25(27(33)29-26(24)32)22-13-28-23-10-6-5-9-20(22)23/h3-13,17,28,31H,14-15H2,1-2H3,(H,29,32,33). The Hall–Kier alpha value is -3.94. The minimum atomic E-state index is -0.665. The quantitative estimate of drug-likeness (QED) is 0.372. The van der Waals surface area contributed by atoms with Crippen LogP contribution in [0.25, 0.3) is 32.8 Å². The summed E-state index contributed by atoms with van der Waals surface area (Å²) in [6.07, 6.45) is 1.10. The molecule has 7 nitrogen and oxygen atoms in total. The number of nitrogens with zero attached hydrogens (tertiary/aromatic N) is 1. The molecule has 172 valence electrons. The molecule has 1 unspecified atom stereocenters. The maximum atomic E-state index is 13.1. The Kier molecular flexibility index (Phi) is 5.65. The molecule has 3 aromatic carbocycles. The molecule has 2 amide bonds. The van der Waals surface area contributed by atoms with E-state index in [2.05, 4.69) is 10.3 Å². The van der Waals surface area contributed by atoms with Crippen LogP contribution in [-0.4, -0.2) is 60.2 Å². The van der Waals surface area contributed by atoms with Gasteiger partial charge in [-0.15, -0.1) is 0 Å². The number of fused-ring (bicyclic) bond motifs is 2. The maximum Gasteiger partial charge on any atom is 0.259 e. The fraction of sp³-hybridized carbons (Fsp3) is 0.185. The van der Waals surface area contributed by atoms with Crippen LogP contribution in [0.1, 0.15) is 11.1 Å². The third-order valence-corrected chi connectivity index (χ3v) is 5.91. The number of imide groups is 1. The zero-order valence-corrected chi connectivity index (χ0v) is 19.0. The number of rotatable bonds is 7. The summed E-state index contributed by atoms with van der Waals surface area (Å²) in [5, 5.41) is 15.3. The number of aliphatic hydroxyl groups is 1. The van der Waals surface area contributed by atoms with E-state index in [0.29, 0.717) is 34.6 Å². The van der Waals surface area contributed by atoms with Crippen LogP contribution >= 0.6 is 0 Å². The Balaban J connectivity index is 1.67. The first-order valence-corrected chi connectivity index (χ1v) is 11.1. The molecule has 7 heteroatoms. The van der Waals surface area contributed by atoms with E-state index in [0.717, 1.165) is 21.7 Å². The molecule has 1 aromatic heterocycles. The lowest BCUT2D eigenvalue weighted by Gasteiger charge is -2.17. The van der Waals surface area contributed by atoms with Gasteiger partial charge in [0.25, 0.3) is 11.8 Å². The number of para-hydroxylation sites is 1. The van der Waals surface area contributed by atoms with Crippen molar-refractivity contribution in [1.82, 2.24) is 15.2 Å². The minimum absolute atomic E-state index is 0.107. The van der Waals surface area contributed by atoms with Crippen LogP contribution in [0, 0.1) is 0 Å². The Bertz CT molecular complexity index is 1450. The summed E-state index contributed by atoms with van der Waals surface area (Å²) >= 11 is 0. The van der Waals surface area contributed by atoms with E-state index < -0.39 is 17.9 Å². The van der Waals surface area contributed by atoms with Crippen molar-refractivity contribution < 1.29 is 19.4 Å². The SMILES string of the molecule is CN(C)CC(O)COc1cc(C2=C(c3c[nH]c4ccccc34)C(=O)NC2=O)c2ccccc2c1. The number of carbonyl (C=O) groups is 2. The van der Waals surface area contributed by atoms with Gasteiger partial charge in [0.05, 0.1) is 11.1 Å². The molecule has 0 saturated carbocycles. The van der Waals surface area contributed by atoms with Gasteiger partial charge in [-0.2, -0.15) is 0 Å². The van der Waals surface area contributed by atoms with Crippen molar-refractivity contribution in [3.05, 3.63) is 78.0 Å². The molecule has 2 heterocycles. The zero-order valence-electron chi connectivity index (χ0n) is 19.0. The van der Waals surface area contributed by atoms with Gasteiger partial charge in [0.2, 0.25) is 0 Å². The van der Waals surface area contributed by atoms with E-state index in [-0.39, 0.29) is 6.61 Å². The van der Waals surface area contributed by atoms with E-state index in [1.54, 1.807) is 12.3 Å². The number of aromatic amines is 1. The highest BCUT2D eigenvalue weighted by atomic mass is 16.5. The molecule has 0 fully saturated rings. The number of hydrogen-bond donors (Lipinski definition) is 3. The van der Waals surface area contributed by atoms with Gasteiger partial charge in [-0.25, -0.2) is 0 Å². The number of ether oxygens (including phenoxy) is 1.